The molecule has 4 heterocycles. The fourth-order valence-corrected chi connectivity index (χ4v) is 4.00. The van der Waals surface area contributed by atoms with Crippen LogP contribution in [0.15, 0.2) is 17.1 Å². The molecule has 0 N–H and O–H groups in total. The highest BCUT2D eigenvalue weighted by atomic mass is 19.4. The van der Waals surface area contributed by atoms with Gasteiger partial charge < -0.3 is 4.90 Å². The van der Waals surface area contributed by atoms with Crippen molar-refractivity contribution in [3.63, 3.8) is 0 Å². The molecule has 0 amide bonds. The maximum atomic E-state index is 13.1. The Morgan fingerprint density at radius 2 is 2.00 bits per heavy atom. The Kier molecular flexibility index (Phi) is 4.16. The third-order valence-corrected chi connectivity index (χ3v) is 6.04. The zero-order valence-corrected chi connectivity index (χ0v) is 16.7. The molecule has 0 saturated heterocycles. The fourth-order valence-electron chi connectivity index (χ4n) is 4.00. The largest absolute Gasteiger partial charge is 0.417 e. The summed E-state index contributed by atoms with van der Waals surface area (Å²) in [5, 5.41) is 4.41. The highest BCUT2D eigenvalue weighted by molar-refractivity contribution is 5.55. The Bertz CT molecular complexity index is 1210. The number of aromatic nitrogens is 5. The molecule has 0 atom stereocenters. The average molecular weight is 418 g/mol. The molecule has 10 heteroatoms. The topological polar surface area (TPSA) is 68.3 Å². The predicted octanol–water partition coefficient (Wildman–Crippen LogP) is 2.89. The third-order valence-electron chi connectivity index (χ3n) is 6.04. The summed E-state index contributed by atoms with van der Waals surface area (Å²) in [6.07, 6.45) is -0.783. The molecule has 0 bridgehead atoms. The molecule has 5 rings (SSSR count). The van der Waals surface area contributed by atoms with Gasteiger partial charge in [0.15, 0.2) is 0 Å². The number of alkyl halides is 3. The number of pyridine rings is 1. The van der Waals surface area contributed by atoms with E-state index in [0.717, 1.165) is 30.3 Å². The molecule has 1 aliphatic carbocycles. The number of rotatable bonds is 3. The molecular formula is C20H21F3N6O. The second-order valence-electron chi connectivity index (χ2n) is 8.19. The van der Waals surface area contributed by atoms with Crippen molar-refractivity contribution < 1.29 is 13.2 Å². The number of fused-ring (bicyclic) bond motifs is 2. The summed E-state index contributed by atoms with van der Waals surface area (Å²) in [5.74, 6) is 1.47. The van der Waals surface area contributed by atoms with E-state index in [1.165, 1.54) is 15.1 Å². The molecule has 7 nitrogen and oxygen atoms in total. The van der Waals surface area contributed by atoms with Gasteiger partial charge in [-0.1, -0.05) is 0 Å². The number of nitrogens with zero attached hydrogens (tertiary/aromatic N) is 6. The van der Waals surface area contributed by atoms with Crippen LogP contribution in [-0.2, 0) is 25.7 Å². The van der Waals surface area contributed by atoms with E-state index in [1.54, 1.807) is 0 Å². The van der Waals surface area contributed by atoms with E-state index in [1.807, 2.05) is 18.7 Å². The van der Waals surface area contributed by atoms with Crippen molar-refractivity contribution in [2.45, 2.75) is 52.4 Å². The van der Waals surface area contributed by atoms with E-state index in [4.69, 9.17) is 0 Å². The van der Waals surface area contributed by atoms with Gasteiger partial charge in [-0.15, -0.1) is 5.10 Å². The maximum Gasteiger partial charge on any atom is 0.417 e. The van der Waals surface area contributed by atoms with Crippen LogP contribution in [0.3, 0.4) is 0 Å². The van der Waals surface area contributed by atoms with Gasteiger partial charge in [-0.3, -0.25) is 4.98 Å². The van der Waals surface area contributed by atoms with Crippen LogP contribution in [0.4, 0.5) is 19.0 Å². The molecule has 3 aromatic heterocycles. The highest BCUT2D eigenvalue weighted by Gasteiger charge is 2.33. The lowest BCUT2D eigenvalue weighted by molar-refractivity contribution is -0.137. The lowest BCUT2D eigenvalue weighted by Crippen LogP contribution is -2.33. The van der Waals surface area contributed by atoms with Crippen molar-refractivity contribution >= 4 is 11.6 Å². The lowest BCUT2D eigenvalue weighted by atomic mass is 10.0. The standard InChI is InChI=1S/C20H21F3N6O/c1-11-12(2)29-18(26-28(19(29)30)9-13-3-4-13)25-17(11)27-6-5-16-14(10-27)7-15(8-24-16)20(21,22)23/h7-8,13H,3-6,9-10H2,1-2H3. The van der Waals surface area contributed by atoms with Crippen LogP contribution in [-0.4, -0.2) is 30.7 Å². The van der Waals surface area contributed by atoms with E-state index in [0.29, 0.717) is 48.3 Å². The molecule has 0 aromatic carbocycles. The smallest absolute Gasteiger partial charge is 0.351 e. The fraction of sp³-hybridized carbons (Fsp3) is 0.500. The second-order valence-corrected chi connectivity index (χ2v) is 8.19. The Morgan fingerprint density at radius 3 is 2.70 bits per heavy atom. The lowest BCUT2D eigenvalue weighted by Gasteiger charge is -2.31. The molecule has 1 fully saturated rings. The summed E-state index contributed by atoms with van der Waals surface area (Å²) in [4.78, 5) is 23.3. The summed E-state index contributed by atoms with van der Waals surface area (Å²) >= 11 is 0. The summed E-state index contributed by atoms with van der Waals surface area (Å²) in [7, 11) is 0. The molecule has 3 aromatic rings. The first kappa shape index (κ1) is 19.1. The van der Waals surface area contributed by atoms with Crippen molar-refractivity contribution in [1.29, 1.82) is 0 Å². The summed E-state index contributed by atoms with van der Waals surface area (Å²) < 4.78 is 42.3. The third kappa shape index (κ3) is 3.14. The minimum atomic E-state index is -4.43. The minimum absolute atomic E-state index is 0.195. The SMILES string of the molecule is Cc1c(N2CCc3ncc(C(F)(F)F)cc3C2)nc2nn(CC3CC3)c(=O)n2c1C. The van der Waals surface area contributed by atoms with Crippen LogP contribution in [0.25, 0.3) is 5.78 Å². The molecular weight excluding hydrogens is 397 g/mol. The Morgan fingerprint density at radius 1 is 1.23 bits per heavy atom. The van der Waals surface area contributed by atoms with Crippen molar-refractivity contribution in [2.75, 3.05) is 11.4 Å². The number of halogens is 3. The quantitative estimate of drug-likeness (QED) is 0.654. The molecule has 158 valence electrons. The van der Waals surface area contributed by atoms with E-state index >= 15 is 0 Å². The van der Waals surface area contributed by atoms with Gasteiger partial charge in [0.25, 0.3) is 5.78 Å². The van der Waals surface area contributed by atoms with Crippen LogP contribution in [0.1, 0.15) is 40.9 Å². The molecule has 1 aliphatic heterocycles. The van der Waals surface area contributed by atoms with Crippen LogP contribution >= 0.6 is 0 Å². The Labute approximate surface area is 170 Å². The molecule has 0 spiro atoms. The monoisotopic (exact) mass is 418 g/mol. The van der Waals surface area contributed by atoms with Crippen molar-refractivity contribution in [3.05, 3.63) is 50.8 Å². The number of anilines is 1. The predicted molar refractivity (Wildman–Crippen MR) is 103 cm³/mol. The first-order chi connectivity index (χ1) is 14.2. The van der Waals surface area contributed by atoms with Crippen LogP contribution in [0, 0.1) is 19.8 Å². The Hall–Kier alpha value is -2.91. The molecule has 30 heavy (non-hydrogen) atoms. The summed E-state index contributed by atoms with van der Waals surface area (Å²) in [5.41, 5.74) is 1.85. The van der Waals surface area contributed by atoms with E-state index in [-0.39, 0.29) is 12.2 Å². The van der Waals surface area contributed by atoms with Gasteiger partial charge in [-0.05, 0) is 44.2 Å². The van der Waals surface area contributed by atoms with Gasteiger partial charge in [0.2, 0.25) is 0 Å². The van der Waals surface area contributed by atoms with Gasteiger partial charge in [-0.2, -0.15) is 18.2 Å². The van der Waals surface area contributed by atoms with Crippen molar-refractivity contribution in [3.8, 4) is 0 Å². The van der Waals surface area contributed by atoms with E-state index in [2.05, 4.69) is 15.1 Å². The number of aryl methyl sites for hydroxylation is 1. The highest BCUT2D eigenvalue weighted by Crippen LogP contribution is 2.33. The molecule has 2 aliphatic rings. The van der Waals surface area contributed by atoms with Gasteiger partial charge in [0.1, 0.15) is 5.82 Å². The normalized spacial score (nSPS) is 16.9. The first-order valence-electron chi connectivity index (χ1n) is 9.99. The zero-order chi connectivity index (χ0) is 21.2. The zero-order valence-electron chi connectivity index (χ0n) is 16.7. The van der Waals surface area contributed by atoms with Gasteiger partial charge in [0.05, 0.1) is 5.56 Å². The number of hydrogen-bond acceptors (Lipinski definition) is 5. The van der Waals surface area contributed by atoms with Crippen LogP contribution < -0.4 is 10.6 Å². The van der Waals surface area contributed by atoms with E-state index < -0.39 is 11.7 Å². The Balaban J connectivity index is 1.53. The van der Waals surface area contributed by atoms with Crippen LogP contribution in [0.5, 0.6) is 0 Å². The van der Waals surface area contributed by atoms with Crippen molar-refractivity contribution in [2.24, 2.45) is 5.92 Å². The second kappa shape index (κ2) is 6.55. The molecule has 0 radical (unpaired) electrons. The van der Waals surface area contributed by atoms with Gasteiger partial charge in [0, 0.05) is 49.2 Å². The maximum absolute atomic E-state index is 13.1. The minimum Gasteiger partial charge on any atom is -0.351 e. The molecule has 1 saturated carbocycles. The van der Waals surface area contributed by atoms with Gasteiger partial charge in [-0.25, -0.2) is 13.9 Å². The van der Waals surface area contributed by atoms with Gasteiger partial charge >= 0.3 is 11.9 Å². The summed E-state index contributed by atoms with van der Waals surface area (Å²) in [6, 6.07) is 1.17. The van der Waals surface area contributed by atoms with Crippen molar-refractivity contribution in [1.82, 2.24) is 24.1 Å². The number of hydrogen-bond donors (Lipinski definition) is 0. The first-order valence-corrected chi connectivity index (χ1v) is 9.99. The van der Waals surface area contributed by atoms with Crippen LogP contribution in [0.2, 0.25) is 0 Å². The van der Waals surface area contributed by atoms with E-state index in [9.17, 15) is 18.0 Å². The average Bonchev–Trinajstić information content (AvgIpc) is 3.46. The molecule has 0 unspecified atom stereocenters. The summed E-state index contributed by atoms with van der Waals surface area (Å²) in [6.45, 7) is 5.19.